The standard InChI is InChI=1S/C18H17NO3/c1-12-3-5-13(6-4-12)18(21)19-10-9-17(20)15-11-14(22-2)7-8-16(15)19/h3-8,11H,9-10H2,1-2H3. The van der Waals surface area contributed by atoms with Crippen molar-refractivity contribution in [3.05, 3.63) is 59.2 Å². The van der Waals surface area contributed by atoms with Crippen molar-refractivity contribution in [1.29, 1.82) is 0 Å². The number of methoxy groups -OCH3 is 1. The molecule has 0 N–H and O–H groups in total. The first-order chi connectivity index (χ1) is 10.6. The maximum atomic E-state index is 12.7. The molecule has 112 valence electrons. The minimum atomic E-state index is -0.0843. The maximum absolute atomic E-state index is 12.7. The fourth-order valence-corrected chi connectivity index (χ4v) is 2.63. The third kappa shape index (κ3) is 2.48. The van der Waals surface area contributed by atoms with E-state index in [9.17, 15) is 9.59 Å². The summed E-state index contributed by atoms with van der Waals surface area (Å²) in [6, 6.07) is 12.7. The highest BCUT2D eigenvalue weighted by molar-refractivity contribution is 6.13. The lowest BCUT2D eigenvalue weighted by Crippen LogP contribution is -2.37. The summed E-state index contributed by atoms with van der Waals surface area (Å²) in [7, 11) is 1.56. The molecule has 1 heterocycles. The van der Waals surface area contributed by atoms with Gasteiger partial charge in [-0.25, -0.2) is 0 Å². The second-order valence-electron chi connectivity index (χ2n) is 5.38. The van der Waals surface area contributed by atoms with Crippen LogP contribution in [0.3, 0.4) is 0 Å². The Morgan fingerprint density at radius 1 is 1.14 bits per heavy atom. The van der Waals surface area contributed by atoms with Crippen LogP contribution in [0, 0.1) is 6.92 Å². The van der Waals surface area contributed by atoms with Crippen LogP contribution in [-0.2, 0) is 0 Å². The highest BCUT2D eigenvalue weighted by atomic mass is 16.5. The van der Waals surface area contributed by atoms with E-state index < -0.39 is 0 Å². The maximum Gasteiger partial charge on any atom is 0.258 e. The van der Waals surface area contributed by atoms with Crippen molar-refractivity contribution in [3.8, 4) is 5.75 Å². The van der Waals surface area contributed by atoms with Gasteiger partial charge in [-0.3, -0.25) is 9.59 Å². The van der Waals surface area contributed by atoms with E-state index in [1.54, 1.807) is 30.2 Å². The van der Waals surface area contributed by atoms with Crippen LogP contribution in [0.25, 0.3) is 0 Å². The molecule has 0 unspecified atom stereocenters. The molecule has 4 nitrogen and oxygen atoms in total. The first-order valence-electron chi connectivity index (χ1n) is 7.20. The van der Waals surface area contributed by atoms with E-state index >= 15 is 0 Å². The van der Waals surface area contributed by atoms with E-state index in [0.717, 1.165) is 5.56 Å². The Hall–Kier alpha value is -2.62. The van der Waals surface area contributed by atoms with Crippen molar-refractivity contribution in [2.45, 2.75) is 13.3 Å². The molecule has 0 saturated carbocycles. The number of carbonyl (C=O) groups is 2. The number of hydrogen-bond donors (Lipinski definition) is 0. The average molecular weight is 295 g/mol. The van der Waals surface area contributed by atoms with Crippen LogP contribution in [0.15, 0.2) is 42.5 Å². The third-order valence-corrected chi connectivity index (χ3v) is 3.90. The van der Waals surface area contributed by atoms with Gasteiger partial charge in [0.1, 0.15) is 5.75 Å². The second kappa shape index (κ2) is 5.64. The predicted octanol–water partition coefficient (Wildman–Crippen LogP) is 3.24. The van der Waals surface area contributed by atoms with Gasteiger partial charge >= 0.3 is 0 Å². The number of Topliss-reactive ketones (excluding diaryl/α,β-unsaturated/α-hetero) is 1. The van der Waals surface area contributed by atoms with Crippen molar-refractivity contribution < 1.29 is 14.3 Å². The molecule has 2 aromatic carbocycles. The molecule has 4 heteroatoms. The number of benzene rings is 2. The van der Waals surface area contributed by atoms with Crippen LogP contribution in [0.4, 0.5) is 5.69 Å². The number of anilines is 1. The van der Waals surface area contributed by atoms with Gasteiger partial charge in [0, 0.05) is 24.1 Å². The van der Waals surface area contributed by atoms with Crippen molar-refractivity contribution in [2.75, 3.05) is 18.6 Å². The van der Waals surface area contributed by atoms with Crippen LogP contribution < -0.4 is 9.64 Å². The monoisotopic (exact) mass is 295 g/mol. The number of ether oxygens (including phenoxy) is 1. The normalized spacial score (nSPS) is 13.7. The summed E-state index contributed by atoms with van der Waals surface area (Å²) < 4.78 is 5.17. The van der Waals surface area contributed by atoms with Crippen LogP contribution in [-0.4, -0.2) is 25.3 Å². The Balaban J connectivity index is 1.99. The van der Waals surface area contributed by atoms with Gasteiger partial charge in [0.15, 0.2) is 5.78 Å². The van der Waals surface area contributed by atoms with Gasteiger partial charge in [-0.15, -0.1) is 0 Å². The highest BCUT2D eigenvalue weighted by Crippen LogP contribution is 2.31. The van der Waals surface area contributed by atoms with Crippen molar-refractivity contribution in [2.24, 2.45) is 0 Å². The average Bonchev–Trinajstić information content (AvgIpc) is 2.55. The number of carbonyl (C=O) groups excluding carboxylic acids is 2. The Morgan fingerprint density at radius 2 is 1.86 bits per heavy atom. The lowest BCUT2D eigenvalue weighted by Gasteiger charge is -2.29. The molecular weight excluding hydrogens is 278 g/mol. The fraction of sp³-hybridized carbons (Fsp3) is 0.222. The molecule has 3 rings (SSSR count). The summed E-state index contributed by atoms with van der Waals surface area (Å²) in [6.07, 6.45) is 0.331. The number of hydrogen-bond acceptors (Lipinski definition) is 3. The molecular formula is C18H17NO3. The Kier molecular flexibility index (Phi) is 3.67. The molecule has 1 amide bonds. The van der Waals surface area contributed by atoms with E-state index in [2.05, 4.69) is 0 Å². The van der Waals surface area contributed by atoms with Crippen molar-refractivity contribution in [1.82, 2.24) is 0 Å². The highest BCUT2D eigenvalue weighted by Gasteiger charge is 2.28. The zero-order valence-electron chi connectivity index (χ0n) is 12.6. The number of aryl methyl sites for hydroxylation is 1. The minimum Gasteiger partial charge on any atom is -0.497 e. The first kappa shape index (κ1) is 14.3. The zero-order valence-corrected chi connectivity index (χ0v) is 12.6. The molecule has 1 aliphatic rings. The van der Waals surface area contributed by atoms with Gasteiger partial charge in [0.2, 0.25) is 0 Å². The Bertz CT molecular complexity index is 734. The quantitative estimate of drug-likeness (QED) is 0.854. The molecule has 0 bridgehead atoms. The fourth-order valence-electron chi connectivity index (χ4n) is 2.63. The summed E-state index contributed by atoms with van der Waals surface area (Å²) in [5, 5.41) is 0. The molecule has 2 aromatic rings. The molecule has 0 atom stereocenters. The van der Waals surface area contributed by atoms with Gasteiger partial charge < -0.3 is 9.64 Å². The van der Waals surface area contributed by atoms with Gasteiger partial charge in [0.05, 0.1) is 12.8 Å². The molecule has 22 heavy (non-hydrogen) atoms. The molecule has 0 radical (unpaired) electrons. The molecule has 1 aliphatic heterocycles. The van der Waals surface area contributed by atoms with Gasteiger partial charge in [-0.2, -0.15) is 0 Å². The molecule has 0 saturated heterocycles. The Morgan fingerprint density at radius 3 is 2.55 bits per heavy atom. The number of ketones is 1. The second-order valence-corrected chi connectivity index (χ2v) is 5.38. The van der Waals surface area contributed by atoms with E-state index in [0.29, 0.717) is 35.5 Å². The topological polar surface area (TPSA) is 46.6 Å². The molecule has 0 fully saturated rings. The van der Waals surface area contributed by atoms with Crippen LogP contribution in [0.1, 0.15) is 32.7 Å². The number of rotatable bonds is 2. The van der Waals surface area contributed by atoms with Crippen molar-refractivity contribution >= 4 is 17.4 Å². The number of amides is 1. The van der Waals surface area contributed by atoms with E-state index in [1.165, 1.54) is 0 Å². The summed E-state index contributed by atoms with van der Waals surface area (Å²) in [4.78, 5) is 26.5. The summed E-state index contributed by atoms with van der Waals surface area (Å²) in [6.45, 7) is 2.39. The molecule has 0 aromatic heterocycles. The predicted molar refractivity (Wildman–Crippen MR) is 84.8 cm³/mol. The van der Waals surface area contributed by atoms with E-state index in [4.69, 9.17) is 4.74 Å². The smallest absolute Gasteiger partial charge is 0.258 e. The summed E-state index contributed by atoms with van der Waals surface area (Å²) in [5.41, 5.74) is 2.94. The third-order valence-electron chi connectivity index (χ3n) is 3.90. The first-order valence-corrected chi connectivity index (χ1v) is 7.20. The number of fused-ring (bicyclic) bond motifs is 1. The summed E-state index contributed by atoms with van der Waals surface area (Å²) >= 11 is 0. The largest absolute Gasteiger partial charge is 0.497 e. The molecule has 0 aliphatic carbocycles. The van der Waals surface area contributed by atoms with Crippen LogP contribution in [0.2, 0.25) is 0 Å². The van der Waals surface area contributed by atoms with E-state index in [1.807, 2.05) is 31.2 Å². The SMILES string of the molecule is COc1ccc2c(c1)C(=O)CCN2C(=O)c1ccc(C)cc1. The Labute approximate surface area is 129 Å². The van der Waals surface area contributed by atoms with E-state index in [-0.39, 0.29) is 11.7 Å². The van der Waals surface area contributed by atoms with Gasteiger partial charge in [-0.05, 0) is 37.3 Å². The lowest BCUT2D eigenvalue weighted by molar-refractivity contribution is 0.0955. The van der Waals surface area contributed by atoms with Crippen LogP contribution in [0.5, 0.6) is 5.75 Å². The lowest BCUT2D eigenvalue weighted by atomic mass is 9.99. The zero-order chi connectivity index (χ0) is 15.7. The number of nitrogens with zero attached hydrogens (tertiary/aromatic N) is 1. The van der Waals surface area contributed by atoms with Crippen LogP contribution >= 0.6 is 0 Å². The minimum absolute atomic E-state index is 0.0434. The summed E-state index contributed by atoms with van der Waals surface area (Å²) in [5.74, 6) is 0.581. The van der Waals surface area contributed by atoms with Gasteiger partial charge in [0.25, 0.3) is 5.91 Å². The molecule has 0 spiro atoms. The van der Waals surface area contributed by atoms with Gasteiger partial charge in [-0.1, -0.05) is 17.7 Å². The van der Waals surface area contributed by atoms with Crippen molar-refractivity contribution in [3.63, 3.8) is 0 Å².